The quantitative estimate of drug-likeness (QED) is 0.0415. The molecule has 1 atom stereocenters. The number of fused-ring (bicyclic) bond motifs is 3. The maximum atomic E-state index is 3.00. The van der Waals surface area contributed by atoms with E-state index in [4.69, 9.17) is 0 Å². The van der Waals surface area contributed by atoms with E-state index < -0.39 is 36.8 Å². The van der Waals surface area contributed by atoms with E-state index in [9.17, 15) is 0 Å². The SMILES string of the molecule is CCCCCCCCC(CCCCCC)Cn1c2c[c]([Sn]([CH2]CCC)([CH2]CCC)[CH2]CCC)sc2c2s[c]([Sn]([CH2]CCC)([CH2]CCC)[CH2]CCC)cc21. The molecule has 0 aliphatic carbocycles. The van der Waals surface area contributed by atoms with E-state index in [1.54, 1.807) is 47.1 Å². The molecular weight excluding hydrogens is 892 g/mol. The molecule has 3 rings (SSSR count). The molecule has 53 heavy (non-hydrogen) atoms. The Balaban J connectivity index is 2.23. The molecule has 306 valence electrons. The van der Waals surface area contributed by atoms with Crippen LogP contribution < -0.4 is 5.79 Å². The van der Waals surface area contributed by atoms with Crippen LogP contribution in [0.5, 0.6) is 0 Å². The number of hydrogen-bond donors (Lipinski definition) is 0. The van der Waals surface area contributed by atoms with E-state index >= 15 is 0 Å². The second-order valence-corrected chi connectivity index (χ2v) is 48.1. The second-order valence-electron chi connectivity index (χ2n) is 17.7. The van der Waals surface area contributed by atoms with E-state index in [0.717, 1.165) is 5.92 Å². The summed E-state index contributed by atoms with van der Waals surface area (Å²) in [6.07, 6.45) is 34.0. The van der Waals surface area contributed by atoms with Gasteiger partial charge in [0.05, 0.1) is 0 Å². The molecule has 0 amide bonds. The Bertz CT molecular complexity index is 1220. The summed E-state index contributed by atoms with van der Waals surface area (Å²) >= 11 is -0.350. The van der Waals surface area contributed by atoms with Crippen molar-refractivity contribution in [1.82, 2.24) is 4.57 Å². The molecule has 0 N–H and O–H groups in total. The van der Waals surface area contributed by atoms with Crippen molar-refractivity contribution in [3.63, 3.8) is 0 Å². The van der Waals surface area contributed by atoms with Gasteiger partial charge in [-0.2, -0.15) is 0 Å². The predicted octanol–water partition coefficient (Wildman–Crippen LogP) is 17.4. The minimum atomic E-state index is -2.55. The first-order valence-electron chi connectivity index (χ1n) is 24.0. The van der Waals surface area contributed by atoms with Crippen LogP contribution in [-0.4, -0.2) is 41.3 Å². The van der Waals surface area contributed by atoms with Crippen molar-refractivity contribution in [3.05, 3.63) is 12.1 Å². The minimum absolute atomic E-state index is 0.825. The number of hydrogen-bond acceptors (Lipinski definition) is 2. The van der Waals surface area contributed by atoms with Crippen molar-refractivity contribution < 1.29 is 0 Å². The molecular formula is C48H89NS2Sn2. The van der Waals surface area contributed by atoms with Crippen LogP contribution >= 0.6 is 22.7 Å². The average Bonchev–Trinajstić information content (AvgIpc) is 3.88. The first-order chi connectivity index (χ1) is 25.9. The molecule has 0 fully saturated rings. The number of rotatable bonds is 34. The van der Waals surface area contributed by atoms with Gasteiger partial charge < -0.3 is 0 Å². The summed E-state index contributed by atoms with van der Waals surface area (Å²) in [6, 6.07) is 5.79. The van der Waals surface area contributed by atoms with Gasteiger partial charge in [0.15, 0.2) is 0 Å². The zero-order valence-corrected chi connectivity index (χ0v) is 44.3. The number of aromatic nitrogens is 1. The molecule has 1 nitrogen and oxygen atoms in total. The summed E-state index contributed by atoms with van der Waals surface area (Å²) in [7, 11) is 0. The third-order valence-electron chi connectivity index (χ3n) is 13.2. The van der Waals surface area contributed by atoms with Gasteiger partial charge in [0.2, 0.25) is 0 Å². The Hall–Kier alpha value is 0.797. The Labute approximate surface area is 347 Å². The molecule has 0 saturated carbocycles. The van der Waals surface area contributed by atoms with Gasteiger partial charge in [0, 0.05) is 0 Å². The van der Waals surface area contributed by atoms with Crippen molar-refractivity contribution in [3.8, 4) is 0 Å². The van der Waals surface area contributed by atoms with E-state index in [1.165, 1.54) is 161 Å². The summed E-state index contributed by atoms with van der Waals surface area (Å²) in [4.78, 5) is 0. The van der Waals surface area contributed by atoms with Gasteiger partial charge in [0.1, 0.15) is 0 Å². The predicted molar refractivity (Wildman–Crippen MR) is 255 cm³/mol. The van der Waals surface area contributed by atoms with Crippen LogP contribution in [0.15, 0.2) is 12.1 Å². The Kier molecular flexibility index (Phi) is 25.0. The van der Waals surface area contributed by atoms with E-state index in [1.807, 2.05) is 5.79 Å². The molecule has 0 saturated heterocycles. The van der Waals surface area contributed by atoms with Gasteiger partial charge in [-0.25, -0.2) is 0 Å². The molecule has 3 aromatic rings. The van der Waals surface area contributed by atoms with Crippen molar-refractivity contribution >= 4 is 85.6 Å². The van der Waals surface area contributed by atoms with Crippen LogP contribution in [0.25, 0.3) is 20.4 Å². The number of unbranched alkanes of at least 4 members (excludes halogenated alkanes) is 14. The van der Waals surface area contributed by atoms with Crippen molar-refractivity contribution in [2.45, 2.75) is 243 Å². The molecule has 0 radical (unpaired) electrons. The van der Waals surface area contributed by atoms with Crippen molar-refractivity contribution in [1.29, 1.82) is 0 Å². The third kappa shape index (κ3) is 14.5. The summed E-state index contributed by atoms with van der Waals surface area (Å²) in [5.74, 6) is 0.825. The second kappa shape index (κ2) is 27.5. The van der Waals surface area contributed by atoms with E-state index in [0.29, 0.717) is 0 Å². The van der Waals surface area contributed by atoms with Crippen molar-refractivity contribution in [2.24, 2.45) is 5.92 Å². The van der Waals surface area contributed by atoms with Crippen LogP contribution in [0.1, 0.15) is 209 Å². The van der Waals surface area contributed by atoms with Crippen LogP contribution in [-0.2, 0) is 6.54 Å². The summed E-state index contributed by atoms with van der Waals surface area (Å²) in [6.45, 7) is 20.7. The molecule has 0 spiro atoms. The standard InChI is InChI=1S/C24H35NS2.6C4H9.2Sn/c1-3-5-7-9-10-12-14-20(13-11-8-6-4-2)19-25-21-15-17-26-23(21)24-22(25)16-18-27-24;6*1-3-4-2;;/h15-16,20H,3-14,19H2,1-2H3;6*1,3-4H2,2H3;;. The average molecular weight is 982 g/mol. The summed E-state index contributed by atoms with van der Waals surface area (Å²) in [5, 5.41) is 0. The van der Waals surface area contributed by atoms with Gasteiger partial charge in [-0.05, 0) is 0 Å². The summed E-state index contributed by atoms with van der Waals surface area (Å²) in [5.41, 5.74) is 3.36. The van der Waals surface area contributed by atoms with E-state index in [-0.39, 0.29) is 0 Å². The maximum absolute atomic E-state index is 3.00. The fourth-order valence-corrected chi connectivity index (χ4v) is 50.2. The Morgan fingerprint density at radius 3 is 1.06 bits per heavy atom. The Morgan fingerprint density at radius 1 is 0.415 bits per heavy atom. The van der Waals surface area contributed by atoms with E-state index in [2.05, 4.69) is 94.8 Å². The van der Waals surface area contributed by atoms with Gasteiger partial charge in [-0.3, -0.25) is 0 Å². The fraction of sp³-hybridized carbons (Fsp3) is 0.833. The van der Waals surface area contributed by atoms with Crippen LogP contribution in [0.4, 0.5) is 0 Å². The van der Waals surface area contributed by atoms with Crippen molar-refractivity contribution in [2.75, 3.05) is 0 Å². The van der Waals surface area contributed by atoms with Crippen LogP contribution in [0.3, 0.4) is 0 Å². The zero-order valence-electron chi connectivity index (χ0n) is 36.9. The molecule has 3 aromatic heterocycles. The monoisotopic (exact) mass is 983 g/mol. The molecule has 5 heteroatoms. The number of thiophene rings is 2. The molecule has 0 bridgehead atoms. The normalized spacial score (nSPS) is 13.3. The molecule has 1 unspecified atom stereocenters. The van der Waals surface area contributed by atoms with Crippen LogP contribution in [0.2, 0.25) is 26.6 Å². The molecule has 3 heterocycles. The molecule has 0 aromatic carbocycles. The molecule has 0 aliphatic heterocycles. The zero-order chi connectivity index (χ0) is 38.4. The third-order valence-corrected chi connectivity index (χ3v) is 52.0. The topological polar surface area (TPSA) is 4.93 Å². The van der Waals surface area contributed by atoms with Gasteiger partial charge >= 0.3 is 338 Å². The van der Waals surface area contributed by atoms with Gasteiger partial charge in [-0.15, -0.1) is 0 Å². The Morgan fingerprint density at radius 2 is 0.717 bits per heavy atom. The molecule has 0 aliphatic rings. The first-order valence-corrected chi connectivity index (χ1v) is 40.6. The fourth-order valence-electron chi connectivity index (χ4n) is 9.58. The first kappa shape index (κ1) is 48.2. The summed E-state index contributed by atoms with van der Waals surface area (Å²) < 4.78 is 20.0. The number of nitrogens with zero attached hydrogens (tertiary/aromatic N) is 1. The van der Waals surface area contributed by atoms with Gasteiger partial charge in [0.25, 0.3) is 0 Å². The van der Waals surface area contributed by atoms with Gasteiger partial charge in [-0.1, -0.05) is 13.3 Å². The van der Waals surface area contributed by atoms with Crippen LogP contribution in [0, 0.1) is 5.92 Å².